The fourth-order valence-electron chi connectivity index (χ4n) is 2.02. The number of hydrogen-bond acceptors (Lipinski definition) is 3. The Bertz CT molecular complexity index is 339. The normalized spacial score (nSPS) is 14.9. The Morgan fingerprint density at radius 2 is 2.00 bits per heavy atom. The number of ether oxygens (including phenoxy) is 1. The minimum atomic E-state index is 0.0344. The summed E-state index contributed by atoms with van der Waals surface area (Å²) in [5, 5.41) is 0. The third-order valence-corrected chi connectivity index (χ3v) is 2.97. The average Bonchev–Trinajstić information content (AvgIpc) is 2.29. The van der Waals surface area contributed by atoms with Gasteiger partial charge >= 0.3 is 0 Å². The summed E-state index contributed by atoms with van der Waals surface area (Å²) < 4.78 is 5.34. The molecule has 0 saturated heterocycles. The number of benzene rings is 1. The van der Waals surface area contributed by atoms with Crippen LogP contribution in [-0.2, 0) is 11.2 Å². The van der Waals surface area contributed by atoms with Crippen molar-refractivity contribution in [1.82, 2.24) is 5.43 Å². The van der Waals surface area contributed by atoms with Crippen molar-refractivity contribution in [2.24, 2.45) is 11.8 Å². The van der Waals surface area contributed by atoms with Crippen molar-refractivity contribution < 1.29 is 4.74 Å². The maximum atomic E-state index is 5.60. The number of hydrazine groups is 1. The van der Waals surface area contributed by atoms with Crippen LogP contribution in [-0.4, -0.2) is 13.2 Å². The summed E-state index contributed by atoms with van der Waals surface area (Å²) in [6.07, 6.45) is 1.14. The van der Waals surface area contributed by atoms with E-state index in [1.807, 2.05) is 6.92 Å². The molecule has 0 heterocycles. The number of nitrogens with one attached hydrogen (secondary N) is 1. The molecule has 2 atom stereocenters. The summed E-state index contributed by atoms with van der Waals surface area (Å²) in [6.45, 7) is 6.46. The highest BCUT2D eigenvalue weighted by Crippen LogP contribution is 2.20. The van der Waals surface area contributed by atoms with Crippen molar-refractivity contribution in [3.63, 3.8) is 0 Å². The minimum Gasteiger partial charge on any atom is -0.380 e. The maximum absolute atomic E-state index is 5.60. The van der Waals surface area contributed by atoms with E-state index in [2.05, 4.69) is 43.5 Å². The Labute approximate surface area is 104 Å². The Morgan fingerprint density at radius 1 is 1.29 bits per heavy atom. The van der Waals surface area contributed by atoms with Crippen molar-refractivity contribution in [3.8, 4) is 0 Å². The molecule has 0 aliphatic carbocycles. The molecule has 96 valence electrons. The zero-order chi connectivity index (χ0) is 12.8. The van der Waals surface area contributed by atoms with Crippen molar-refractivity contribution in [3.05, 3.63) is 35.4 Å². The van der Waals surface area contributed by atoms with E-state index in [0.29, 0.717) is 5.92 Å². The van der Waals surface area contributed by atoms with Gasteiger partial charge in [0.15, 0.2) is 0 Å². The molecule has 1 rings (SSSR count). The first-order valence-corrected chi connectivity index (χ1v) is 6.16. The van der Waals surface area contributed by atoms with Crippen LogP contribution in [0.5, 0.6) is 0 Å². The Balaban J connectivity index is 2.88. The second-order valence-corrected chi connectivity index (χ2v) is 4.93. The van der Waals surface area contributed by atoms with Gasteiger partial charge in [-0.3, -0.25) is 11.3 Å². The lowest BCUT2D eigenvalue weighted by Crippen LogP contribution is -2.36. The zero-order valence-electron chi connectivity index (χ0n) is 11.2. The van der Waals surface area contributed by atoms with Gasteiger partial charge < -0.3 is 4.74 Å². The van der Waals surface area contributed by atoms with E-state index >= 15 is 0 Å². The van der Waals surface area contributed by atoms with E-state index < -0.39 is 0 Å². The molecular formula is C14H24N2O. The van der Waals surface area contributed by atoms with Crippen LogP contribution in [0.1, 0.15) is 37.9 Å². The summed E-state index contributed by atoms with van der Waals surface area (Å²) in [5.74, 6) is 6.26. The molecule has 0 amide bonds. The first-order valence-electron chi connectivity index (χ1n) is 6.16. The molecule has 1 aromatic carbocycles. The average molecular weight is 236 g/mol. The summed E-state index contributed by atoms with van der Waals surface area (Å²) in [4.78, 5) is 0. The fourth-order valence-corrected chi connectivity index (χ4v) is 2.02. The molecule has 3 heteroatoms. The van der Waals surface area contributed by atoms with E-state index in [4.69, 9.17) is 10.6 Å². The van der Waals surface area contributed by atoms with Crippen molar-refractivity contribution in [2.45, 2.75) is 39.3 Å². The van der Waals surface area contributed by atoms with E-state index in [1.54, 1.807) is 7.11 Å². The second kappa shape index (κ2) is 6.74. The molecule has 17 heavy (non-hydrogen) atoms. The molecule has 0 aliphatic rings. The van der Waals surface area contributed by atoms with E-state index in [-0.39, 0.29) is 12.1 Å². The monoisotopic (exact) mass is 236 g/mol. The highest BCUT2D eigenvalue weighted by molar-refractivity contribution is 5.27. The summed E-state index contributed by atoms with van der Waals surface area (Å²) in [5.41, 5.74) is 5.35. The zero-order valence-corrected chi connectivity index (χ0v) is 11.2. The van der Waals surface area contributed by atoms with E-state index in [1.165, 1.54) is 11.1 Å². The van der Waals surface area contributed by atoms with Crippen LogP contribution in [0.25, 0.3) is 0 Å². The smallest absolute Gasteiger partial charge is 0.0750 e. The van der Waals surface area contributed by atoms with Gasteiger partial charge in [0.2, 0.25) is 0 Å². The first kappa shape index (κ1) is 14.2. The highest BCUT2D eigenvalue weighted by Gasteiger charge is 2.17. The molecule has 1 aromatic rings. The van der Waals surface area contributed by atoms with Crippen molar-refractivity contribution in [2.75, 3.05) is 7.11 Å². The molecule has 3 nitrogen and oxygen atoms in total. The summed E-state index contributed by atoms with van der Waals surface area (Å²) in [6, 6.07) is 8.57. The van der Waals surface area contributed by atoms with E-state index in [0.717, 1.165) is 6.42 Å². The molecule has 2 unspecified atom stereocenters. The van der Waals surface area contributed by atoms with Gasteiger partial charge in [0.1, 0.15) is 0 Å². The lowest BCUT2D eigenvalue weighted by atomic mass is 9.96. The first-order chi connectivity index (χ1) is 8.08. The standard InChI is InChI=1S/C14H24N2O/c1-10(2)8-12-6-5-7-13(9-12)14(16-15)11(3)17-4/h5-7,9-11,14,16H,8,15H2,1-4H3. The van der Waals surface area contributed by atoms with Crippen LogP contribution >= 0.6 is 0 Å². The fraction of sp³-hybridized carbons (Fsp3) is 0.571. The topological polar surface area (TPSA) is 47.3 Å². The van der Waals surface area contributed by atoms with Gasteiger partial charge in [-0.2, -0.15) is 0 Å². The number of methoxy groups -OCH3 is 1. The summed E-state index contributed by atoms with van der Waals surface area (Å²) in [7, 11) is 1.70. The van der Waals surface area contributed by atoms with Crippen LogP contribution in [0.2, 0.25) is 0 Å². The molecule has 0 saturated carbocycles. The van der Waals surface area contributed by atoms with Gasteiger partial charge in [-0.25, -0.2) is 0 Å². The molecule has 0 fully saturated rings. The Kier molecular flexibility index (Phi) is 5.62. The molecule has 3 N–H and O–H groups in total. The molecule has 0 radical (unpaired) electrons. The van der Waals surface area contributed by atoms with Crippen LogP contribution < -0.4 is 11.3 Å². The lowest BCUT2D eigenvalue weighted by Gasteiger charge is -2.23. The second-order valence-electron chi connectivity index (χ2n) is 4.93. The quantitative estimate of drug-likeness (QED) is 0.589. The lowest BCUT2D eigenvalue weighted by molar-refractivity contribution is 0.0830. The van der Waals surface area contributed by atoms with Crippen molar-refractivity contribution >= 4 is 0 Å². The van der Waals surface area contributed by atoms with Crippen LogP contribution in [0, 0.1) is 5.92 Å². The van der Waals surface area contributed by atoms with Gasteiger partial charge in [-0.15, -0.1) is 0 Å². The number of hydrogen-bond donors (Lipinski definition) is 2. The molecule has 0 spiro atoms. The van der Waals surface area contributed by atoms with Gasteiger partial charge in [0, 0.05) is 7.11 Å². The Hall–Kier alpha value is -0.900. The van der Waals surface area contributed by atoms with Gasteiger partial charge in [-0.05, 0) is 30.4 Å². The van der Waals surface area contributed by atoms with Gasteiger partial charge in [0.25, 0.3) is 0 Å². The predicted molar refractivity (Wildman–Crippen MR) is 71.5 cm³/mol. The third-order valence-electron chi connectivity index (χ3n) is 2.97. The molecule has 0 aliphatic heterocycles. The Morgan fingerprint density at radius 3 is 2.53 bits per heavy atom. The predicted octanol–water partition coefficient (Wildman–Crippen LogP) is 2.42. The molecule has 0 aromatic heterocycles. The summed E-state index contributed by atoms with van der Waals surface area (Å²) >= 11 is 0. The van der Waals surface area contributed by atoms with Gasteiger partial charge in [0.05, 0.1) is 12.1 Å². The largest absolute Gasteiger partial charge is 0.380 e. The van der Waals surface area contributed by atoms with Crippen LogP contribution in [0.15, 0.2) is 24.3 Å². The maximum Gasteiger partial charge on any atom is 0.0750 e. The van der Waals surface area contributed by atoms with Gasteiger partial charge in [-0.1, -0.05) is 38.1 Å². The van der Waals surface area contributed by atoms with Crippen LogP contribution in [0.3, 0.4) is 0 Å². The van der Waals surface area contributed by atoms with E-state index in [9.17, 15) is 0 Å². The molecule has 0 bridgehead atoms. The van der Waals surface area contributed by atoms with Crippen LogP contribution in [0.4, 0.5) is 0 Å². The third kappa shape index (κ3) is 4.11. The minimum absolute atomic E-state index is 0.0344. The van der Waals surface area contributed by atoms with Crippen molar-refractivity contribution in [1.29, 1.82) is 0 Å². The number of nitrogens with two attached hydrogens (primary N) is 1. The number of rotatable bonds is 6. The SMILES string of the molecule is COC(C)C(NN)c1cccc(CC(C)C)c1. The molecular weight excluding hydrogens is 212 g/mol. The highest BCUT2D eigenvalue weighted by atomic mass is 16.5.